The van der Waals surface area contributed by atoms with E-state index in [9.17, 15) is 9.59 Å². The number of carboxylic acids is 2. The van der Waals surface area contributed by atoms with Crippen molar-refractivity contribution in [3.8, 4) is 22.8 Å². The minimum atomic E-state index is -0.981. The normalized spacial score (nSPS) is 9.24. The van der Waals surface area contributed by atoms with Crippen molar-refractivity contribution in [2.75, 3.05) is 0 Å². The van der Waals surface area contributed by atoms with Crippen LogP contribution in [0.3, 0.4) is 0 Å². The molecule has 226 valence electrons. The van der Waals surface area contributed by atoms with Gasteiger partial charge in [0.1, 0.15) is 0 Å². The average Bonchev–Trinajstić information content (AvgIpc) is 3.04. The van der Waals surface area contributed by atoms with Gasteiger partial charge in [0.2, 0.25) is 0 Å². The predicted octanol–water partition coefficient (Wildman–Crippen LogP) is 7.08. The van der Waals surface area contributed by atoms with Gasteiger partial charge in [-0.1, -0.05) is 49.7 Å². The molecule has 0 saturated heterocycles. The van der Waals surface area contributed by atoms with Crippen LogP contribution in [0, 0.1) is 0 Å². The van der Waals surface area contributed by atoms with Gasteiger partial charge in [0.15, 0.2) is 0 Å². The first kappa shape index (κ1) is 39.7. The monoisotopic (exact) mass is 722 g/mol. The van der Waals surface area contributed by atoms with E-state index >= 15 is 0 Å². The summed E-state index contributed by atoms with van der Waals surface area (Å²) in [5, 5.41) is 34.1. The van der Waals surface area contributed by atoms with Gasteiger partial charge < -0.3 is 21.0 Å². The molecule has 45 heavy (non-hydrogen) atoms. The Labute approximate surface area is 283 Å². The molecule has 4 heterocycles. The summed E-state index contributed by atoms with van der Waals surface area (Å²) in [5.41, 5.74) is 6.27. The zero-order chi connectivity index (χ0) is 32.7. The Morgan fingerprint density at radius 3 is 1.11 bits per heavy atom. The van der Waals surface area contributed by atoms with Gasteiger partial charge >= 0.3 is 31.4 Å². The number of isothiocyanates is 2. The second kappa shape index (κ2) is 23.2. The molecule has 0 spiro atoms. The molecular weight excluding hydrogens is 698 g/mol. The standard InChI is InChI=1S/2C15H12N2O2.2CNS.Ru/c2*1-2-11-5-7-16-13(9-11)14-10-12(6-8-17-14)3-4-15(18)19;2*2-1-3;/h2*2-10H,1H2,(H,18,19);;;/q;;2*-1;+2/b2*4-3+;;;. The molecule has 0 fully saturated rings. The average molecular weight is 722 g/mol. The van der Waals surface area contributed by atoms with Crippen molar-refractivity contribution in [1.29, 1.82) is 0 Å². The molecule has 0 radical (unpaired) electrons. The first-order valence-corrected chi connectivity index (χ1v) is 13.0. The first-order chi connectivity index (χ1) is 21.2. The third-order valence-electron chi connectivity index (χ3n) is 4.97. The van der Waals surface area contributed by atoms with E-state index < -0.39 is 11.9 Å². The van der Waals surface area contributed by atoms with Crippen LogP contribution in [0.15, 0.2) is 98.6 Å². The summed E-state index contributed by atoms with van der Waals surface area (Å²) in [5.74, 6) is -1.96. The number of pyridine rings is 4. The molecule has 0 aliphatic rings. The molecule has 0 amide bonds. The Bertz CT molecular complexity index is 1610. The Balaban J connectivity index is 0.000000719. The van der Waals surface area contributed by atoms with Gasteiger partial charge in [-0.15, -0.1) is 0 Å². The van der Waals surface area contributed by atoms with E-state index in [0.717, 1.165) is 45.8 Å². The van der Waals surface area contributed by atoms with E-state index in [-0.39, 0.29) is 19.5 Å². The first-order valence-electron chi connectivity index (χ1n) is 12.2. The summed E-state index contributed by atoms with van der Waals surface area (Å²) in [6.07, 6.45) is 15.3. The summed E-state index contributed by atoms with van der Waals surface area (Å²) in [4.78, 5) is 37.9. The number of aromatic nitrogens is 4. The topological polar surface area (TPSA) is 171 Å². The van der Waals surface area contributed by atoms with E-state index in [1.54, 1.807) is 61.2 Å². The fourth-order valence-electron chi connectivity index (χ4n) is 3.14. The molecule has 0 aromatic carbocycles. The molecule has 10 nitrogen and oxygen atoms in total. The van der Waals surface area contributed by atoms with Crippen LogP contribution >= 0.6 is 24.4 Å². The summed E-state index contributed by atoms with van der Waals surface area (Å²) in [6.45, 7) is 7.41. The Kier molecular flexibility index (Phi) is 20.5. The molecule has 13 heteroatoms. The molecule has 0 saturated carbocycles. The maximum atomic E-state index is 10.5. The van der Waals surface area contributed by atoms with Gasteiger partial charge in [-0.25, -0.2) is 9.59 Å². The quantitative estimate of drug-likeness (QED) is 0.0829. The maximum absolute atomic E-state index is 10.5. The molecule has 0 bridgehead atoms. The fourth-order valence-corrected chi connectivity index (χ4v) is 3.14. The molecule has 2 N–H and O–H groups in total. The van der Waals surface area contributed by atoms with Crippen LogP contribution in [0.4, 0.5) is 0 Å². The smallest absolute Gasteiger partial charge is 0.753 e. The Morgan fingerprint density at radius 2 is 0.867 bits per heavy atom. The third-order valence-corrected chi connectivity index (χ3v) is 4.97. The van der Waals surface area contributed by atoms with E-state index in [4.69, 9.17) is 21.0 Å². The van der Waals surface area contributed by atoms with Crippen LogP contribution in [-0.4, -0.2) is 52.4 Å². The molecule has 4 aromatic rings. The minimum Gasteiger partial charge on any atom is -0.753 e. The molecule has 0 atom stereocenters. The number of rotatable bonds is 8. The number of carboxylic acid groups (broad SMARTS) is 2. The van der Waals surface area contributed by atoms with Crippen molar-refractivity contribution in [1.82, 2.24) is 19.9 Å². The van der Waals surface area contributed by atoms with E-state index in [0.29, 0.717) is 11.4 Å². The largest absolute Gasteiger partial charge is 2.00 e. The molecule has 4 rings (SSSR count). The zero-order valence-electron chi connectivity index (χ0n) is 23.4. The van der Waals surface area contributed by atoms with Crippen molar-refractivity contribution < 1.29 is 39.3 Å². The van der Waals surface area contributed by atoms with E-state index in [2.05, 4.69) is 57.5 Å². The summed E-state index contributed by atoms with van der Waals surface area (Å²) in [7, 11) is 0. The zero-order valence-corrected chi connectivity index (χ0v) is 26.7. The second-order valence-corrected chi connectivity index (χ2v) is 8.20. The van der Waals surface area contributed by atoms with E-state index in [1.807, 2.05) is 24.3 Å². The van der Waals surface area contributed by atoms with Gasteiger partial charge in [-0.05, 0) is 82.9 Å². The summed E-state index contributed by atoms with van der Waals surface area (Å²) >= 11 is 7.40. The third kappa shape index (κ3) is 16.2. The SMILES string of the molecule is C=Cc1ccnc(-c2cc(/C=C/C(=O)O)ccn2)c1.C=Cc1ccnc(-c2cc(/C=C/C(=O)O)ccn2)c1.[N-]=C=S.[N-]=C=S.[Ru+2]. The number of hydrogen-bond acceptors (Lipinski definition) is 8. The number of hydrogen-bond donors (Lipinski definition) is 2. The summed E-state index contributed by atoms with van der Waals surface area (Å²) in [6, 6.07) is 14.5. The maximum Gasteiger partial charge on any atom is 2.00 e. The molecule has 4 aromatic heterocycles. The number of thiocarbonyl (C=S) groups is 2. The second-order valence-electron chi connectivity index (χ2n) is 7.83. The van der Waals surface area contributed by atoms with E-state index in [1.165, 1.54) is 22.5 Å². The number of nitrogens with zero attached hydrogens (tertiary/aromatic N) is 6. The Hall–Kier alpha value is -5.28. The van der Waals surface area contributed by atoms with Crippen LogP contribution in [0.25, 0.3) is 57.9 Å². The minimum absolute atomic E-state index is 0. The fraction of sp³-hybridized carbons (Fsp3) is 0. The van der Waals surface area contributed by atoms with Crippen molar-refractivity contribution in [2.24, 2.45) is 0 Å². The Morgan fingerprint density at radius 1 is 0.622 bits per heavy atom. The van der Waals surface area contributed by atoms with Gasteiger partial charge in [0.25, 0.3) is 0 Å². The summed E-state index contributed by atoms with van der Waals surface area (Å²) < 4.78 is 0. The van der Waals surface area contributed by atoms with Crippen molar-refractivity contribution in [2.45, 2.75) is 0 Å². The van der Waals surface area contributed by atoms with Gasteiger partial charge in [-0.3, -0.25) is 19.9 Å². The molecule has 0 unspecified atom stereocenters. The number of carbonyl (C=O) groups is 2. The van der Waals surface area contributed by atoms with Gasteiger partial charge in [0, 0.05) is 36.9 Å². The molecule has 0 aliphatic carbocycles. The predicted molar refractivity (Wildman–Crippen MR) is 180 cm³/mol. The van der Waals surface area contributed by atoms with Gasteiger partial charge in [0.05, 0.1) is 22.8 Å². The van der Waals surface area contributed by atoms with Crippen molar-refractivity contribution in [3.63, 3.8) is 0 Å². The molecule has 0 aliphatic heterocycles. The van der Waals surface area contributed by atoms with Crippen LogP contribution in [0.2, 0.25) is 0 Å². The van der Waals surface area contributed by atoms with Crippen molar-refractivity contribution in [3.05, 3.63) is 132 Å². The van der Waals surface area contributed by atoms with Crippen LogP contribution in [0.5, 0.6) is 0 Å². The van der Waals surface area contributed by atoms with Crippen LogP contribution in [0.1, 0.15) is 22.3 Å². The van der Waals surface area contributed by atoms with Crippen molar-refractivity contribution >= 4 is 71.0 Å². The number of aliphatic carboxylic acids is 2. The van der Waals surface area contributed by atoms with Gasteiger partial charge in [-0.2, -0.15) is 10.3 Å². The molecular formula is C32H24N6O4RuS2. The van der Waals surface area contributed by atoms with Crippen LogP contribution in [-0.2, 0) is 29.1 Å². The van der Waals surface area contributed by atoms with Crippen LogP contribution < -0.4 is 0 Å².